The Kier molecular flexibility index (Phi) is 1.71. The molecule has 66 valence electrons. The highest BCUT2D eigenvalue weighted by Crippen LogP contribution is 2.56. The summed E-state index contributed by atoms with van der Waals surface area (Å²) in [5, 5.41) is 0. The Hall–Kier alpha value is -0.790. The Bertz CT molecular complexity index is 236. The number of ketones is 1. The molecule has 0 aliphatic heterocycles. The first-order valence-corrected chi connectivity index (χ1v) is 4.64. The van der Waals surface area contributed by atoms with Gasteiger partial charge in [-0.3, -0.25) is 4.79 Å². The van der Waals surface area contributed by atoms with Gasteiger partial charge in [-0.05, 0) is 32.6 Å². The van der Waals surface area contributed by atoms with Crippen LogP contribution >= 0.6 is 0 Å². The lowest BCUT2D eigenvalue weighted by Crippen LogP contribution is -2.07. The molecule has 0 bridgehead atoms. The van der Waals surface area contributed by atoms with E-state index >= 15 is 0 Å². The van der Waals surface area contributed by atoms with E-state index in [1.54, 1.807) is 6.26 Å². The number of hydrogen-bond donors (Lipinski definition) is 0. The molecule has 0 radical (unpaired) electrons. The van der Waals surface area contributed by atoms with Gasteiger partial charge in [0.25, 0.3) is 0 Å². The molecule has 2 aliphatic rings. The summed E-state index contributed by atoms with van der Waals surface area (Å²) in [6.45, 7) is 2.59. The lowest BCUT2D eigenvalue weighted by atomic mass is 10.0. The van der Waals surface area contributed by atoms with Gasteiger partial charge in [-0.1, -0.05) is 0 Å². The van der Waals surface area contributed by atoms with Gasteiger partial charge in [0.2, 0.25) is 0 Å². The molecule has 0 aromatic heterocycles. The van der Waals surface area contributed by atoms with Crippen LogP contribution in [0.15, 0.2) is 11.8 Å². The average molecular weight is 166 g/mol. The number of carbonyl (C=O) groups is 1. The molecule has 2 fully saturated rings. The Morgan fingerprint density at radius 2 is 2.25 bits per heavy atom. The second kappa shape index (κ2) is 2.61. The molecule has 12 heavy (non-hydrogen) atoms. The maximum atomic E-state index is 11.6. The first kappa shape index (κ1) is 7.84. The predicted octanol–water partition coefficient (Wildman–Crippen LogP) is 2.05. The number of ether oxygens (including phenoxy) is 1. The zero-order chi connectivity index (χ0) is 8.60. The van der Waals surface area contributed by atoms with Crippen LogP contribution in [0.4, 0.5) is 0 Å². The fraction of sp³-hybridized carbons (Fsp3) is 0.700. The van der Waals surface area contributed by atoms with Crippen LogP contribution in [0.25, 0.3) is 0 Å². The first-order chi connectivity index (χ1) is 5.78. The van der Waals surface area contributed by atoms with E-state index in [2.05, 4.69) is 0 Å². The summed E-state index contributed by atoms with van der Waals surface area (Å²) in [4.78, 5) is 11.6. The van der Waals surface area contributed by atoms with Crippen molar-refractivity contribution >= 4 is 5.78 Å². The Balaban J connectivity index is 2.06. The fourth-order valence-electron chi connectivity index (χ4n) is 1.87. The quantitative estimate of drug-likeness (QED) is 0.463. The number of hydrogen-bond acceptors (Lipinski definition) is 2. The standard InChI is InChI=1S/C10H14O2/c1-2-12-7-8-3-4-10(5-6-10)9(8)11/h7H,2-6H2,1H3/b8-7+. The summed E-state index contributed by atoms with van der Waals surface area (Å²) in [6.07, 6.45) is 5.86. The highest BCUT2D eigenvalue weighted by molar-refractivity contribution is 6.03. The highest BCUT2D eigenvalue weighted by atomic mass is 16.5. The van der Waals surface area contributed by atoms with Crippen molar-refractivity contribution in [1.82, 2.24) is 0 Å². The second-order valence-electron chi connectivity index (χ2n) is 3.71. The zero-order valence-electron chi connectivity index (χ0n) is 7.43. The van der Waals surface area contributed by atoms with Gasteiger partial charge in [0.1, 0.15) is 0 Å². The van der Waals surface area contributed by atoms with Gasteiger partial charge in [-0.25, -0.2) is 0 Å². The molecule has 2 saturated carbocycles. The topological polar surface area (TPSA) is 26.3 Å². The Morgan fingerprint density at radius 3 is 2.75 bits per heavy atom. The van der Waals surface area contributed by atoms with E-state index in [4.69, 9.17) is 4.74 Å². The van der Waals surface area contributed by atoms with Crippen LogP contribution < -0.4 is 0 Å². The summed E-state index contributed by atoms with van der Waals surface area (Å²) in [7, 11) is 0. The van der Waals surface area contributed by atoms with Crippen LogP contribution in [0.3, 0.4) is 0 Å². The number of allylic oxidation sites excluding steroid dienone is 1. The molecule has 2 heteroatoms. The third kappa shape index (κ3) is 1.06. The van der Waals surface area contributed by atoms with E-state index in [0.717, 1.165) is 31.3 Å². The molecule has 0 atom stereocenters. The van der Waals surface area contributed by atoms with Crippen molar-refractivity contribution < 1.29 is 9.53 Å². The number of rotatable bonds is 2. The average Bonchev–Trinajstić information content (AvgIpc) is 2.78. The molecule has 1 spiro atoms. The summed E-state index contributed by atoms with van der Waals surface area (Å²) in [5.74, 6) is 0.357. The Morgan fingerprint density at radius 1 is 1.50 bits per heavy atom. The van der Waals surface area contributed by atoms with Gasteiger partial charge in [0.15, 0.2) is 5.78 Å². The van der Waals surface area contributed by atoms with E-state index < -0.39 is 0 Å². The molecular formula is C10H14O2. The molecule has 0 N–H and O–H groups in total. The maximum absolute atomic E-state index is 11.6. The van der Waals surface area contributed by atoms with E-state index in [-0.39, 0.29) is 5.41 Å². The van der Waals surface area contributed by atoms with Crippen molar-refractivity contribution in [3.63, 3.8) is 0 Å². The number of Topliss-reactive ketones (excluding diaryl/α,β-unsaturated/α-hetero) is 1. The minimum Gasteiger partial charge on any atom is -0.501 e. The van der Waals surface area contributed by atoms with Gasteiger partial charge < -0.3 is 4.74 Å². The van der Waals surface area contributed by atoms with Crippen molar-refractivity contribution in [2.45, 2.75) is 32.6 Å². The minimum absolute atomic E-state index is 0.0862. The summed E-state index contributed by atoms with van der Waals surface area (Å²) < 4.78 is 5.13. The zero-order valence-corrected chi connectivity index (χ0v) is 7.43. The predicted molar refractivity (Wildman–Crippen MR) is 45.6 cm³/mol. The van der Waals surface area contributed by atoms with Gasteiger partial charge in [-0.15, -0.1) is 0 Å². The smallest absolute Gasteiger partial charge is 0.168 e. The second-order valence-corrected chi connectivity index (χ2v) is 3.71. The van der Waals surface area contributed by atoms with Crippen molar-refractivity contribution in [2.24, 2.45) is 5.41 Å². The van der Waals surface area contributed by atoms with Crippen LogP contribution in [0.5, 0.6) is 0 Å². The number of carbonyl (C=O) groups excluding carboxylic acids is 1. The molecule has 0 aromatic carbocycles. The third-order valence-electron chi connectivity index (χ3n) is 2.89. The van der Waals surface area contributed by atoms with E-state index in [1.807, 2.05) is 6.92 Å². The SMILES string of the molecule is CCO/C=C1\CCC2(CC2)C1=O. The monoisotopic (exact) mass is 166 g/mol. The fourth-order valence-corrected chi connectivity index (χ4v) is 1.87. The van der Waals surface area contributed by atoms with E-state index in [1.165, 1.54) is 0 Å². The first-order valence-electron chi connectivity index (χ1n) is 4.64. The normalized spacial score (nSPS) is 28.4. The van der Waals surface area contributed by atoms with Crippen LogP contribution in [-0.4, -0.2) is 12.4 Å². The van der Waals surface area contributed by atoms with Gasteiger partial charge >= 0.3 is 0 Å². The highest BCUT2D eigenvalue weighted by Gasteiger charge is 2.53. The minimum atomic E-state index is 0.0862. The van der Waals surface area contributed by atoms with Crippen LogP contribution in [0.1, 0.15) is 32.6 Å². The van der Waals surface area contributed by atoms with Crippen LogP contribution in [0.2, 0.25) is 0 Å². The summed E-state index contributed by atoms with van der Waals surface area (Å²) in [6, 6.07) is 0. The van der Waals surface area contributed by atoms with Crippen LogP contribution in [-0.2, 0) is 9.53 Å². The molecule has 0 heterocycles. The molecule has 2 rings (SSSR count). The molecule has 0 aromatic rings. The molecule has 2 nitrogen and oxygen atoms in total. The molecule has 2 aliphatic carbocycles. The summed E-state index contributed by atoms with van der Waals surface area (Å²) >= 11 is 0. The van der Waals surface area contributed by atoms with Crippen LogP contribution in [0, 0.1) is 5.41 Å². The molecular weight excluding hydrogens is 152 g/mol. The van der Waals surface area contributed by atoms with Gasteiger partial charge in [0.05, 0.1) is 12.9 Å². The van der Waals surface area contributed by atoms with Crippen molar-refractivity contribution in [3.05, 3.63) is 11.8 Å². The molecule has 0 unspecified atom stereocenters. The van der Waals surface area contributed by atoms with Crippen molar-refractivity contribution in [2.75, 3.05) is 6.61 Å². The van der Waals surface area contributed by atoms with Gasteiger partial charge in [-0.2, -0.15) is 0 Å². The molecule has 0 amide bonds. The lowest BCUT2D eigenvalue weighted by Gasteiger charge is -1.99. The Labute approximate surface area is 72.6 Å². The molecule has 0 saturated heterocycles. The van der Waals surface area contributed by atoms with E-state index in [9.17, 15) is 4.79 Å². The maximum Gasteiger partial charge on any atom is 0.168 e. The third-order valence-corrected chi connectivity index (χ3v) is 2.89. The van der Waals surface area contributed by atoms with E-state index in [0.29, 0.717) is 12.4 Å². The van der Waals surface area contributed by atoms with Crippen molar-refractivity contribution in [1.29, 1.82) is 0 Å². The van der Waals surface area contributed by atoms with Gasteiger partial charge in [0, 0.05) is 11.0 Å². The lowest BCUT2D eigenvalue weighted by molar-refractivity contribution is -0.119. The largest absolute Gasteiger partial charge is 0.501 e. The summed E-state index contributed by atoms with van der Waals surface area (Å²) in [5.41, 5.74) is 0.998. The van der Waals surface area contributed by atoms with Crippen molar-refractivity contribution in [3.8, 4) is 0 Å².